The predicted molar refractivity (Wildman–Crippen MR) is 71.3 cm³/mol. The summed E-state index contributed by atoms with van der Waals surface area (Å²) in [5, 5.41) is 0. The molecule has 0 spiro atoms. The Hall–Kier alpha value is -2.36. The summed E-state index contributed by atoms with van der Waals surface area (Å²) in [5.41, 5.74) is 8.17. The third-order valence-corrected chi connectivity index (χ3v) is 2.78. The molecular weight excluding hydrogens is 226 g/mol. The van der Waals surface area contributed by atoms with Crippen molar-refractivity contribution < 1.29 is 4.79 Å². The lowest BCUT2D eigenvalue weighted by atomic mass is 10.2. The van der Waals surface area contributed by atoms with Gasteiger partial charge in [0.05, 0.1) is 0 Å². The number of aryl methyl sites for hydroxylation is 1. The van der Waals surface area contributed by atoms with Crippen molar-refractivity contribution in [2.45, 2.75) is 13.8 Å². The van der Waals surface area contributed by atoms with Gasteiger partial charge in [-0.2, -0.15) is 0 Å². The summed E-state index contributed by atoms with van der Waals surface area (Å²) in [5.74, 6) is 0.420. The number of pyridine rings is 1. The number of amides is 1. The van der Waals surface area contributed by atoms with Crippen LogP contribution in [-0.4, -0.2) is 15.5 Å². The summed E-state index contributed by atoms with van der Waals surface area (Å²) >= 11 is 0. The maximum absolute atomic E-state index is 10.8. The van der Waals surface area contributed by atoms with E-state index >= 15 is 0 Å². The van der Waals surface area contributed by atoms with Gasteiger partial charge in [0.2, 0.25) is 5.91 Å². The van der Waals surface area contributed by atoms with Crippen molar-refractivity contribution in [3.05, 3.63) is 53.5 Å². The minimum absolute atomic E-state index is 0.447. The summed E-state index contributed by atoms with van der Waals surface area (Å²) in [7, 11) is 0. The molecule has 92 valence electrons. The van der Waals surface area contributed by atoms with E-state index in [9.17, 15) is 4.79 Å². The van der Waals surface area contributed by atoms with Gasteiger partial charge in [-0.25, -0.2) is 4.98 Å². The summed E-state index contributed by atoms with van der Waals surface area (Å²) in [6, 6.07) is 7.77. The molecule has 2 N–H and O–H groups in total. The van der Waals surface area contributed by atoms with Gasteiger partial charge in [-0.3, -0.25) is 4.79 Å². The third kappa shape index (κ3) is 2.32. The van der Waals surface area contributed by atoms with Crippen LogP contribution in [0.3, 0.4) is 0 Å². The molecule has 0 unspecified atom stereocenters. The van der Waals surface area contributed by atoms with Gasteiger partial charge in [0.1, 0.15) is 5.82 Å². The standard InChI is InChI=1S/C14H15N3O/c1-10-9-12(6-7-13(15)18)11(2)17(10)14-5-3-4-8-16-14/h3-9H,1-2H3,(H2,15,18)/b7-6-. The van der Waals surface area contributed by atoms with E-state index in [2.05, 4.69) is 4.98 Å². The average molecular weight is 241 g/mol. The number of carbonyl (C=O) groups is 1. The second-order valence-corrected chi connectivity index (χ2v) is 4.09. The molecule has 0 saturated heterocycles. The van der Waals surface area contributed by atoms with Crippen LogP contribution in [0.5, 0.6) is 0 Å². The number of rotatable bonds is 3. The lowest BCUT2D eigenvalue weighted by Crippen LogP contribution is -2.05. The molecule has 2 rings (SSSR count). The van der Waals surface area contributed by atoms with Gasteiger partial charge in [0.25, 0.3) is 0 Å². The summed E-state index contributed by atoms with van der Waals surface area (Å²) in [6.45, 7) is 3.99. The second kappa shape index (κ2) is 4.87. The van der Waals surface area contributed by atoms with Crippen molar-refractivity contribution >= 4 is 12.0 Å². The van der Waals surface area contributed by atoms with E-state index in [1.54, 1.807) is 12.3 Å². The molecule has 2 heterocycles. The van der Waals surface area contributed by atoms with E-state index in [1.807, 2.05) is 42.7 Å². The van der Waals surface area contributed by atoms with E-state index in [0.717, 1.165) is 22.8 Å². The highest BCUT2D eigenvalue weighted by Crippen LogP contribution is 2.20. The van der Waals surface area contributed by atoms with Gasteiger partial charge < -0.3 is 10.3 Å². The highest BCUT2D eigenvalue weighted by Gasteiger charge is 2.09. The molecule has 2 aromatic heterocycles. The maximum atomic E-state index is 10.8. The van der Waals surface area contributed by atoms with Crippen molar-refractivity contribution in [1.82, 2.24) is 9.55 Å². The number of nitrogens with two attached hydrogens (primary N) is 1. The molecule has 4 nitrogen and oxygen atoms in total. The van der Waals surface area contributed by atoms with Crippen LogP contribution >= 0.6 is 0 Å². The minimum Gasteiger partial charge on any atom is -0.366 e. The van der Waals surface area contributed by atoms with Crippen LogP contribution in [0.25, 0.3) is 11.9 Å². The van der Waals surface area contributed by atoms with Crippen LogP contribution in [0.1, 0.15) is 17.0 Å². The zero-order valence-electron chi connectivity index (χ0n) is 10.4. The van der Waals surface area contributed by atoms with Crippen LogP contribution < -0.4 is 5.73 Å². The van der Waals surface area contributed by atoms with Crippen LogP contribution in [-0.2, 0) is 4.79 Å². The fourth-order valence-corrected chi connectivity index (χ4v) is 1.97. The Bertz CT molecular complexity index is 597. The fraction of sp³-hybridized carbons (Fsp3) is 0.143. The molecule has 0 fully saturated rings. The Morgan fingerprint density at radius 2 is 2.17 bits per heavy atom. The topological polar surface area (TPSA) is 60.9 Å². The zero-order chi connectivity index (χ0) is 13.1. The number of hydrogen-bond donors (Lipinski definition) is 1. The van der Waals surface area contributed by atoms with Crippen molar-refractivity contribution in [3.63, 3.8) is 0 Å². The molecule has 18 heavy (non-hydrogen) atoms. The Morgan fingerprint density at radius 3 is 2.78 bits per heavy atom. The first-order valence-corrected chi connectivity index (χ1v) is 5.67. The SMILES string of the molecule is Cc1cc(/C=C\C(N)=O)c(C)n1-c1ccccn1. The van der Waals surface area contributed by atoms with Gasteiger partial charge in [0, 0.05) is 23.7 Å². The van der Waals surface area contributed by atoms with E-state index in [0.29, 0.717) is 0 Å². The van der Waals surface area contributed by atoms with E-state index < -0.39 is 5.91 Å². The smallest absolute Gasteiger partial charge is 0.241 e. The molecule has 0 bridgehead atoms. The summed E-state index contributed by atoms with van der Waals surface area (Å²) in [6.07, 6.45) is 4.85. The Kier molecular flexibility index (Phi) is 3.28. The summed E-state index contributed by atoms with van der Waals surface area (Å²) in [4.78, 5) is 15.1. The van der Waals surface area contributed by atoms with Crippen LogP contribution in [0, 0.1) is 13.8 Å². The first-order chi connectivity index (χ1) is 8.59. The van der Waals surface area contributed by atoms with E-state index in [4.69, 9.17) is 5.73 Å². The highest BCUT2D eigenvalue weighted by atomic mass is 16.1. The first-order valence-electron chi connectivity index (χ1n) is 5.67. The number of hydrogen-bond acceptors (Lipinski definition) is 2. The maximum Gasteiger partial charge on any atom is 0.241 e. The van der Waals surface area contributed by atoms with Gasteiger partial charge in [-0.05, 0) is 43.7 Å². The highest BCUT2D eigenvalue weighted by molar-refractivity contribution is 5.90. The largest absolute Gasteiger partial charge is 0.366 e. The van der Waals surface area contributed by atoms with E-state index in [1.165, 1.54) is 6.08 Å². The molecule has 0 aliphatic heterocycles. The molecule has 0 aromatic carbocycles. The predicted octanol–water partition coefficient (Wildman–Crippen LogP) is 1.99. The fourth-order valence-electron chi connectivity index (χ4n) is 1.97. The molecule has 4 heteroatoms. The molecule has 0 aliphatic rings. The van der Waals surface area contributed by atoms with Gasteiger partial charge in [0.15, 0.2) is 0 Å². The van der Waals surface area contributed by atoms with Gasteiger partial charge >= 0.3 is 0 Å². The number of nitrogens with zero attached hydrogens (tertiary/aromatic N) is 2. The van der Waals surface area contributed by atoms with Crippen LogP contribution in [0.4, 0.5) is 0 Å². The summed E-state index contributed by atoms with van der Waals surface area (Å²) < 4.78 is 2.04. The molecule has 0 radical (unpaired) electrons. The number of aromatic nitrogens is 2. The number of primary amides is 1. The molecule has 0 saturated carbocycles. The normalized spacial score (nSPS) is 11.0. The molecule has 0 atom stereocenters. The zero-order valence-corrected chi connectivity index (χ0v) is 10.4. The molecule has 0 aliphatic carbocycles. The first kappa shape index (κ1) is 12.1. The minimum atomic E-state index is -0.447. The van der Waals surface area contributed by atoms with E-state index in [-0.39, 0.29) is 0 Å². The molecular formula is C14H15N3O. The molecule has 1 amide bonds. The Balaban J connectivity index is 2.48. The lowest BCUT2D eigenvalue weighted by molar-refractivity contribution is -0.113. The third-order valence-electron chi connectivity index (χ3n) is 2.78. The monoisotopic (exact) mass is 241 g/mol. The lowest BCUT2D eigenvalue weighted by Gasteiger charge is -2.07. The Labute approximate surface area is 106 Å². The van der Waals surface area contributed by atoms with Crippen LogP contribution in [0.15, 0.2) is 36.5 Å². The quantitative estimate of drug-likeness (QED) is 0.835. The number of carbonyl (C=O) groups excluding carboxylic acids is 1. The Morgan fingerprint density at radius 1 is 1.39 bits per heavy atom. The van der Waals surface area contributed by atoms with Crippen molar-refractivity contribution in [2.75, 3.05) is 0 Å². The average Bonchev–Trinajstić information content (AvgIpc) is 2.63. The van der Waals surface area contributed by atoms with Gasteiger partial charge in [-0.15, -0.1) is 0 Å². The van der Waals surface area contributed by atoms with Gasteiger partial charge in [-0.1, -0.05) is 6.07 Å². The second-order valence-electron chi connectivity index (χ2n) is 4.09. The van der Waals surface area contributed by atoms with Crippen molar-refractivity contribution in [2.24, 2.45) is 5.73 Å². The van der Waals surface area contributed by atoms with Crippen molar-refractivity contribution in [3.8, 4) is 5.82 Å². The van der Waals surface area contributed by atoms with Crippen molar-refractivity contribution in [1.29, 1.82) is 0 Å². The van der Waals surface area contributed by atoms with Crippen LogP contribution in [0.2, 0.25) is 0 Å². The molecule has 2 aromatic rings.